The molecule has 0 spiro atoms. The van der Waals surface area contributed by atoms with Crippen LogP contribution >= 0.6 is 12.6 Å². The van der Waals surface area contributed by atoms with Crippen molar-refractivity contribution in [1.29, 1.82) is 0 Å². The molecular weight excluding hydrogens is 438 g/mol. The Labute approximate surface area is 200 Å². The Bertz CT molecular complexity index is 1880. The summed E-state index contributed by atoms with van der Waals surface area (Å²) in [6.45, 7) is 0. The van der Waals surface area contributed by atoms with E-state index in [-0.39, 0.29) is 5.75 Å². The number of aromatic nitrogens is 1. The molecule has 5 aromatic carbocycles. The van der Waals surface area contributed by atoms with E-state index < -0.39 is 0 Å². The van der Waals surface area contributed by atoms with Crippen LogP contribution < -0.4 is 0 Å². The second-order valence-electron chi connectivity index (χ2n) is 8.51. The second kappa shape index (κ2) is 7.17. The van der Waals surface area contributed by atoms with Crippen LogP contribution in [-0.2, 0) is 0 Å². The Morgan fingerprint density at radius 2 is 1.38 bits per heavy atom. The van der Waals surface area contributed by atoms with Crippen LogP contribution in [-0.4, -0.2) is 9.67 Å². The highest BCUT2D eigenvalue weighted by Crippen LogP contribution is 2.45. The fraction of sp³-hybridized carbons (Fsp3) is 0. The van der Waals surface area contributed by atoms with Gasteiger partial charge in [0.05, 0.1) is 11.0 Å². The minimum atomic E-state index is 0.210. The van der Waals surface area contributed by atoms with Crippen LogP contribution in [0.1, 0.15) is 0 Å². The molecule has 0 radical (unpaired) electrons. The molecular formula is C30H19NO2S. The summed E-state index contributed by atoms with van der Waals surface area (Å²) in [4.78, 5) is 0.867. The number of furan rings is 1. The largest absolute Gasteiger partial charge is 0.508 e. The topological polar surface area (TPSA) is 38.3 Å². The monoisotopic (exact) mass is 457 g/mol. The van der Waals surface area contributed by atoms with E-state index in [9.17, 15) is 5.11 Å². The van der Waals surface area contributed by atoms with Gasteiger partial charge in [-0.25, -0.2) is 0 Å². The van der Waals surface area contributed by atoms with E-state index in [2.05, 4.69) is 41.0 Å². The predicted molar refractivity (Wildman–Crippen MR) is 142 cm³/mol. The lowest BCUT2D eigenvalue weighted by Crippen LogP contribution is -1.93. The maximum Gasteiger partial charge on any atom is 0.144 e. The van der Waals surface area contributed by atoms with Crippen LogP contribution in [0.2, 0.25) is 0 Å². The van der Waals surface area contributed by atoms with Crippen LogP contribution in [0.25, 0.3) is 60.6 Å². The van der Waals surface area contributed by atoms with Crippen molar-refractivity contribution < 1.29 is 9.52 Å². The standard InChI is InChI=1S/C30H19NO2S/c32-19-16-23(20-14-15-27(34)29-22-11-5-7-13-26(22)33-30(20)29)28-21-10-4-6-12-24(21)31(25(28)17-19)18-8-2-1-3-9-18/h1-17,32,34H. The van der Waals surface area contributed by atoms with Crippen LogP contribution in [0.4, 0.5) is 0 Å². The first-order valence-corrected chi connectivity index (χ1v) is 11.6. The normalized spacial score (nSPS) is 11.8. The van der Waals surface area contributed by atoms with Gasteiger partial charge >= 0.3 is 0 Å². The van der Waals surface area contributed by atoms with Crippen molar-refractivity contribution in [1.82, 2.24) is 4.57 Å². The lowest BCUT2D eigenvalue weighted by molar-refractivity contribution is 0.476. The Morgan fingerprint density at radius 1 is 0.647 bits per heavy atom. The third-order valence-corrected chi connectivity index (χ3v) is 6.94. The third-order valence-electron chi connectivity index (χ3n) is 6.57. The molecule has 0 unspecified atom stereocenters. The van der Waals surface area contributed by atoms with E-state index in [4.69, 9.17) is 17.0 Å². The molecule has 2 aromatic heterocycles. The first kappa shape index (κ1) is 19.3. The summed E-state index contributed by atoms with van der Waals surface area (Å²) < 4.78 is 8.58. The van der Waals surface area contributed by atoms with Crippen LogP contribution in [0.15, 0.2) is 112 Å². The minimum absolute atomic E-state index is 0.210. The number of fused-ring (bicyclic) bond motifs is 6. The van der Waals surface area contributed by atoms with Gasteiger partial charge in [-0.3, -0.25) is 0 Å². The number of nitrogens with zero attached hydrogens (tertiary/aromatic N) is 1. The van der Waals surface area contributed by atoms with E-state index in [0.717, 1.165) is 65.5 Å². The summed E-state index contributed by atoms with van der Waals surface area (Å²) in [7, 11) is 0. The quantitative estimate of drug-likeness (QED) is 0.256. The Balaban J connectivity index is 1.67. The number of thiol groups is 1. The number of hydrogen-bond acceptors (Lipinski definition) is 3. The number of benzene rings is 5. The van der Waals surface area contributed by atoms with E-state index >= 15 is 0 Å². The highest BCUT2D eigenvalue weighted by Gasteiger charge is 2.21. The van der Waals surface area contributed by atoms with Gasteiger partial charge in [-0.1, -0.05) is 54.6 Å². The van der Waals surface area contributed by atoms with Crippen molar-refractivity contribution >= 4 is 56.4 Å². The molecule has 2 heterocycles. The number of aromatic hydroxyl groups is 1. The molecule has 0 aliphatic carbocycles. The first-order chi connectivity index (χ1) is 16.7. The molecule has 0 atom stereocenters. The zero-order valence-electron chi connectivity index (χ0n) is 18.1. The lowest BCUT2D eigenvalue weighted by Gasteiger charge is -2.10. The number of para-hydroxylation sites is 3. The Morgan fingerprint density at radius 3 is 2.24 bits per heavy atom. The fourth-order valence-corrected chi connectivity index (χ4v) is 5.47. The first-order valence-electron chi connectivity index (χ1n) is 11.2. The molecule has 0 amide bonds. The predicted octanol–water partition coefficient (Wildman–Crippen LogP) is 8.34. The van der Waals surface area contributed by atoms with Gasteiger partial charge < -0.3 is 14.1 Å². The van der Waals surface area contributed by atoms with Crippen molar-refractivity contribution in [2.75, 3.05) is 0 Å². The maximum atomic E-state index is 10.9. The summed E-state index contributed by atoms with van der Waals surface area (Å²) >= 11 is 4.74. The smallest absolute Gasteiger partial charge is 0.144 e. The summed E-state index contributed by atoms with van der Waals surface area (Å²) in [6, 6.07) is 34.4. The van der Waals surface area contributed by atoms with Crippen molar-refractivity contribution in [2.45, 2.75) is 4.90 Å². The van der Waals surface area contributed by atoms with Gasteiger partial charge in [-0.2, -0.15) is 0 Å². The van der Waals surface area contributed by atoms with E-state index in [1.54, 1.807) is 0 Å². The van der Waals surface area contributed by atoms with Gasteiger partial charge in [-0.05, 0) is 48.0 Å². The van der Waals surface area contributed by atoms with Gasteiger partial charge in [0.2, 0.25) is 0 Å². The minimum Gasteiger partial charge on any atom is -0.508 e. The number of phenolic OH excluding ortho intramolecular Hbond substituents is 1. The molecule has 0 saturated carbocycles. The molecule has 3 nitrogen and oxygen atoms in total. The molecule has 0 aliphatic rings. The highest BCUT2D eigenvalue weighted by atomic mass is 32.1. The fourth-order valence-electron chi connectivity index (χ4n) is 5.17. The van der Waals surface area contributed by atoms with Gasteiger partial charge in [0.25, 0.3) is 0 Å². The summed E-state index contributed by atoms with van der Waals surface area (Å²) in [5.41, 5.74) is 6.54. The molecule has 4 heteroatoms. The van der Waals surface area contributed by atoms with E-state index in [0.29, 0.717) is 0 Å². The molecule has 0 fully saturated rings. The maximum absolute atomic E-state index is 10.9. The zero-order chi connectivity index (χ0) is 22.8. The summed E-state index contributed by atoms with van der Waals surface area (Å²) in [5, 5.41) is 15.1. The average molecular weight is 458 g/mol. The number of phenols is 1. The van der Waals surface area contributed by atoms with E-state index in [1.165, 1.54) is 0 Å². The molecule has 7 aromatic rings. The van der Waals surface area contributed by atoms with Gasteiger partial charge in [0.15, 0.2) is 0 Å². The van der Waals surface area contributed by atoms with Crippen molar-refractivity contribution in [3.8, 4) is 22.6 Å². The molecule has 1 N–H and O–H groups in total. The molecule has 0 saturated heterocycles. The summed E-state index contributed by atoms with van der Waals surface area (Å²) in [5.74, 6) is 0.210. The molecule has 162 valence electrons. The van der Waals surface area contributed by atoms with Crippen LogP contribution in [0.5, 0.6) is 5.75 Å². The highest BCUT2D eigenvalue weighted by molar-refractivity contribution is 7.80. The Kier molecular flexibility index (Phi) is 4.08. The SMILES string of the molecule is Oc1cc(-c2ccc(S)c3c2oc2ccccc23)c2c3ccccc3n(-c3ccccc3)c2c1. The van der Waals surface area contributed by atoms with E-state index in [1.807, 2.05) is 66.7 Å². The third kappa shape index (κ3) is 2.66. The molecule has 0 bridgehead atoms. The zero-order valence-corrected chi connectivity index (χ0v) is 19.0. The number of hydrogen-bond donors (Lipinski definition) is 2. The van der Waals surface area contributed by atoms with Crippen LogP contribution in [0, 0.1) is 0 Å². The van der Waals surface area contributed by atoms with Gasteiger partial charge in [0, 0.05) is 43.8 Å². The van der Waals surface area contributed by atoms with Crippen molar-refractivity contribution in [3.05, 3.63) is 103 Å². The second-order valence-corrected chi connectivity index (χ2v) is 8.99. The lowest BCUT2D eigenvalue weighted by atomic mass is 9.97. The molecule has 7 rings (SSSR count). The summed E-state index contributed by atoms with van der Waals surface area (Å²) in [6.07, 6.45) is 0. The number of rotatable bonds is 2. The Hall–Kier alpha value is -4.15. The van der Waals surface area contributed by atoms with Crippen molar-refractivity contribution in [2.24, 2.45) is 0 Å². The van der Waals surface area contributed by atoms with Crippen LogP contribution in [0.3, 0.4) is 0 Å². The van der Waals surface area contributed by atoms with Crippen molar-refractivity contribution in [3.63, 3.8) is 0 Å². The average Bonchev–Trinajstić information content (AvgIpc) is 3.41. The molecule has 0 aliphatic heterocycles. The van der Waals surface area contributed by atoms with Gasteiger partial charge in [0.1, 0.15) is 16.9 Å². The molecule has 34 heavy (non-hydrogen) atoms. The van der Waals surface area contributed by atoms with Gasteiger partial charge in [-0.15, -0.1) is 12.6 Å².